The van der Waals surface area contributed by atoms with E-state index in [4.69, 9.17) is 9.47 Å². The summed E-state index contributed by atoms with van der Waals surface area (Å²) in [5.41, 5.74) is 2.74. The van der Waals surface area contributed by atoms with Gasteiger partial charge in [0.25, 0.3) is 5.91 Å². The van der Waals surface area contributed by atoms with Crippen molar-refractivity contribution < 1.29 is 23.9 Å². The van der Waals surface area contributed by atoms with E-state index in [0.717, 1.165) is 16.9 Å². The van der Waals surface area contributed by atoms with Gasteiger partial charge in [0, 0.05) is 22.0 Å². The van der Waals surface area contributed by atoms with Crippen molar-refractivity contribution in [2.24, 2.45) is 5.92 Å². The van der Waals surface area contributed by atoms with E-state index in [-0.39, 0.29) is 29.2 Å². The quantitative estimate of drug-likeness (QED) is 0.304. The zero-order valence-electron chi connectivity index (χ0n) is 22.1. The molecule has 11 heteroatoms. The number of hydrogen-bond donors (Lipinski definition) is 2. The third-order valence-electron chi connectivity index (χ3n) is 7.10. The van der Waals surface area contributed by atoms with Crippen LogP contribution in [0.5, 0.6) is 11.5 Å². The third kappa shape index (κ3) is 5.02. The maximum atomic E-state index is 14.0. The number of aromatic nitrogens is 1. The van der Waals surface area contributed by atoms with Gasteiger partial charge >= 0.3 is 4.87 Å². The van der Waals surface area contributed by atoms with Crippen LogP contribution in [0, 0.1) is 12.8 Å². The second-order valence-electron chi connectivity index (χ2n) is 9.70. The van der Waals surface area contributed by atoms with Gasteiger partial charge in [0.2, 0.25) is 11.8 Å². The predicted molar refractivity (Wildman–Crippen MR) is 157 cm³/mol. The molecule has 1 aromatic heterocycles. The summed E-state index contributed by atoms with van der Waals surface area (Å²) < 4.78 is 11.1. The highest BCUT2D eigenvalue weighted by molar-refractivity contribution is 8.00. The Balaban J connectivity index is 1.31. The van der Waals surface area contributed by atoms with Crippen LogP contribution >= 0.6 is 23.1 Å². The molecular formula is C30H25N3O6S2. The summed E-state index contributed by atoms with van der Waals surface area (Å²) in [5.74, 6) is -1.34. The molecule has 0 saturated carbocycles. The smallest absolute Gasteiger partial charge is 0.305 e. The Bertz CT molecular complexity index is 1700. The van der Waals surface area contributed by atoms with Crippen molar-refractivity contribution in [3.63, 3.8) is 0 Å². The number of nitrogens with one attached hydrogen (secondary N) is 2. The van der Waals surface area contributed by atoms with Crippen LogP contribution in [0.25, 0.3) is 0 Å². The fourth-order valence-electron chi connectivity index (χ4n) is 5.18. The standard InChI is InChI=1S/C30H25N3O6S2/c1-16-7-11-18(12-8-16)33-28(35)24-23(25-27(32-30(37)41-25)40-26(24)29(33)36)20-5-3-4-6-21(20)39-15-22(34)31-17-9-13-19(38-2)14-10-17/h3-14,23-24,26H,15H2,1-2H3,(H,31,34)(H,32,37)/t23-,24?,26?/m1/s1. The Labute approximate surface area is 243 Å². The highest BCUT2D eigenvalue weighted by Gasteiger charge is 2.56. The Morgan fingerprint density at radius 1 is 0.976 bits per heavy atom. The summed E-state index contributed by atoms with van der Waals surface area (Å²) in [7, 11) is 1.57. The normalized spacial score (nSPS) is 19.5. The number of aryl methyl sites for hydroxylation is 1. The van der Waals surface area contributed by atoms with E-state index in [0.29, 0.717) is 38.3 Å². The topological polar surface area (TPSA) is 118 Å². The lowest BCUT2D eigenvalue weighted by Gasteiger charge is -2.30. The van der Waals surface area contributed by atoms with Gasteiger partial charge in [-0.15, -0.1) is 0 Å². The number of H-pyrrole nitrogens is 1. The van der Waals surface area contributed by atoms with Gasteiger partial charge in [0.1, 0.15) is 16.7 Å². The molecule has 4 aromatic rings. The van der Waals surface area contributed by atoms with Gasteiger partial charge < -0.3 is 19.8 Å². The first kappa shape index (κ1) is 26.9. The fraction of sp³-hybridized carbons (Fsp3) is 0.200. The fourth-order valence-corrected chi connectivity index (χ4v) is 7.69. The number of amides is 3. The lowest BCUT2D eigenvalue weighted by atomic mass is 9.82. The number of thioether (sulfide) groups is 1. The minimum atomic E-state index is -0.759. The van der Waals surface area contributed by atoms with Crippen LogP contribution < -0.4 is 24.6 Å². The number of methoxy groups -OCH3 is 1. The summed E-state index contributed by atoms with van der Waals surface area (Å²) in [5, 5.41) is 2.64. The van der Waals surface area contributed by atoms with Crippen LogP contribution in [0.1, 0.15) is 21.9 Å². The number of benzene rings is 3. The predicted octanol–water partition coefficient (Wildman–Crippen LogP) is 4.57. The van der Waals surface area contributed by atoms with E-state index in [1.165, 1.54) is 16.7 Å². The summed E-state index contributed by atoms with van der Waals surface area (Å²) in [6.07, 6.45) is 0. The first-order valence-corrected chi connectivity index (χ1v) is 14.5. The minimum Gasteiger partial charge on any atom is -0.497 e. The number of ether oxygens (including phenoxy) is 2. The van der Waals surface area contributed by atoms with E-state index in [9.17, 15) is 19.2 Å². The first-order valence-electron chi connectivity index (χ1n) is 12.8. The van der Waals surface area contributed by atoms with E-state index in [2.05, 4.69) is 10.3 Å². The molecule has 3 heterocycles. The van der Waals surface area contributed by atoms with E-state index >= 15 is 0 Å². The third-order valence-corrected chi connectivity index (χ3v) is 9.50. The minimum absolute atomic E-state index is 0.264. The van der Waals surface area contributed by atoms with Crippen LogP contribution in [0.4, 0.5) is 11.4 Å². The molecule has 41 heavy (non-hydrogen) atoms. The van der Waals surface area contributed by atoms with Crippen molar-refractivity contribution in [1.82, 2.24) is 4.98 Å². The van der Waals surface area contributed by atoms with Crippen molar-refractivity contribution in [3.05, 3.63) is 98.5 Å². The van der Waals surface area contributed by atoms with E-state index < -0.39 is 17.1 Å². The zero-order chi connectivity index (χ0) is 28.7. The molecule has 2 N–H and O–H groups in total. The Kier molecular flexibility index (Phi) is 7.14. The number of carbonyl (C=O) groups is 3. The average Bonchev–Trinajstić information content (AvgIpc) is 3.47. The van der Waals surface area contributed by atoms with Gasteiger partial charge in [-0.25, -0.2) is 4.90 Å². The molecule has 0 radical (unpaired) electrons. The Morgan fingerprint density at radius 3 is 2.44 bits per heavy atom. The monoisotopic (exact) mass is 587 g/mol. The molecular weight excluding hydrogens is 562 g/mol. The maximum absolute atomic E-state index is 14.0. The molecule has 0 spiro atoms. The van der Waals surface area contributed by atoms with E-state index in [1.54, 1.807) is 55.6 Å². The van der Waals surface area contributed by atoms with Crippen molar-refractivity contribution >= 4 is 52.2 Å². The second-order valence-corrected chi connectivity index (χ2v) is 11.9. The van der Waals surface area contributed by atoms with Crippen molar-refractivity contribution in [2.75, 3.05) is 23.9 Å². The number of anilines is 2. The van der Waals surface area contributed by atoms with E-state index in [1.807, 2.05) is 31.2 Å². The van der Waals surface area contributed by atoms with Gasteiger partial charge in [-0.05, 0) is 49.4 Å². The van der Waals surface area contributed by atoms with Gasteiger partial charge in [0.15, 0.2) is 6.61 Å². The lowest BCUT2D eigenvalue weighted by molar-refractivity contribution is -0.122. The highest BCUT2D eigenvalue weighted by Crippen LogP contribution is 2.54. The average molecular weight is 588 g/mol. The SMILES string of the molecule is COc1ccc(NC(=O)COc2ccccc2[C@H]2c3sc(=O)[nH]c3SC3C(=O)N(c4ccc(C)cc4)C(=O)C32)cc1. The van der Waals surface area contributed by atoms with Crippen LogP contribution in [-0.2, 0) is 14.4 Å². The van der Waals surface area contributed by atoms with Crippen molar-refractivity contribution in [1.29, 1.82) is 0 Å². The molecule has 0 bridgehead atoms. The maximum Gasteiger partial charge on any atom is 0.305 e. The van der Waals surface area contributed by atoms with Crippen LogP contribution in [0.15, 0.2) is 82.6 Å². The number of fused-ring (bicyclic) bond motifs is 2. The number of aromatic amines is 1. The number of rotatable bonds is 7. The molecule has 208 valence electrons. The number of para-hydroxylation sites is 1. The van der Waals surface area contributed by atoms with Crippen LogP contribution in [0.3, 0.4) is 0 Å². The molecule has 1 saturated heterocycles. The second kappa shape index (κ2) is 10.9. The Hall–Kier alpha value is -4.35. The zero-order valence-corrected chi connectivity index (χ0v) is 23.7. The number of carbonyl (C=O) groups excluding carboxylic acids is 3. The highest BCUT2D eigenvalue weighted by atomic mass is 32.2. The van der Waals surface area contributed by atoms with Gasteiger partial charge in [-0.3, -0.25) is 19.2 Å². The molecule has 2 aliphatic heterocycles. The molecule has 9 nitrogen and oxygen atoms in total. The summed E-state index contributed by atoms with van der Waals surface area (Å²) in [4.78, 5) is 57.2. The molecule has 3 aromatic carbocycles. The van der Waals surface area contributed by atoms with Crippen LogP contribution in [-0.4, -0.2) is 41.7 Å². The van der Waals surface area contributed by atoms with Crippen molar-refractivity contribution in [2.45, 2.75) is 23.1 Å². The summed E-state index contributed by atoms with van der Waals surface area (Å²) >= 11 is 2.24. The molecule has 2 unspecified atom stereocenters. The molecule has 6 rings (SSSR count). The number of nitrogens with zero attached hydrogens (tertiary/aromatic N) is 1. The summed E-state index contributed by atoms with van der Waals surface area (Å²) in [6.45, 7) is 1.66. The molecule has 3 atom stereocenters. The molecule has 0 aliphatic carbocycles. The largest absolute Gasteiger partial charge is 0.497 e. The molecule has 1 fully saturated rings. The molecule has 3 amide bonds. The van der Waals surface area contributed by atoms with Crippen molar-refractivity contribution in [3.8, 4) is 11.5 Å². The number of imide groups is 1. The first-order chi connectivity index (χ1) is 19.8. The number of hydrogen-bond acceptors (Lipinski definition) is 8. The van der Waals surface area contributed by atoms with Crippen LogP contribution in [0.2, 0.25) is 0 Å². The molecule has 2 aliphatic rings. The van der Waals surface area contributed by atoms with Gasteiger partial charge in [0.05, 0.1) is 23.7 Å². The Morgan fingerprint density at radius 2 is 1.71 bits per heavy atom. The van der Waals surface area contributed by atoms with Gasteiger partial charge in [-0.1, -0.05) is 59.0 Å². The lowest BCUT2D eigenvalue weighted by Crippen LogP contribution is -2.32. The summed E-state index contributed by atoms with van der Waals surface area (Å²) in [6, 6.07) is 21.3. The number of thiazole rings is 1. The van der Waals surface area contributed by atoms with Gasteiger partial charge in [-0.2, -0.15) is 0 Å².